The third kappa shape index (κ3) is 5.38. The molecule has 1 atom stereocenters. The molecule has 2 amide bonds. The molecule has 0 bridgehead atoms. The van der Waals surface area contributed by atoms with Gasteiger partial charge < -0.3 is 9.80 Å². The molecule has 1 heterocycles. The van der Waals surface area contributed by atoms with Crippen LogP contribution in [0.2, 0.25) is 0 Å². The van der Waals surface area contributed by atoms with E-state index < -0.39 is 4.92 Å². The van der Waals surface area contributed by atoms with Crippen molar-refractivity contribution in [1.29, 1.82) is 0 Å². The van der Waals surface area contributed by atoms with Crippen LogP contribution in [0.1, 0.15) is 29.3 Å². The summed E-state index contributed by atoms with van der Waals surface area (Å²) < 4.78 is 0. The maximum Gasteiger partial charge on any atom is 0.269 e. The van der Waals surface area contributed by atoms with Gasteiger partial charge in [0.25, 0.3) is 11.6 Å². The molecule has 7 nitrogen and oxygen atoms in total. The number of thioether (sulfide) groups is 1. The summed E-state index contributed by atoms with van der Waals surface area (Å²) in [6.07, 6.45) is 0.734. The first kappa shape index (κ1) is 21.8. The van der Waals surface area contributed by atoms with Crippen molar-refractivity contribution in [3.8, 4) is 0 Å². The summed E-state index contributed by atoms with van der Waals surface area (Å²) in [6, 6.07) is 13.8. The van der Waals surface area contributed by atoms with Gasteiger partial charge in [0.2, 0.25) is 5.91 Å². The van der Waals surface area contributed by atoms with Gasteiger partial charge in [0.1, 0.15) is 0 Å². The van der Waals surface area contributed by atoms with Crippen molar-refractivity contribution in [2.45, 2.75) is 30.4 Å². The summed E-state index contributed by atoms with van der Waals surface area (Å²) in [7, 11) is 0. The Kier molecular flexibility index (Phi) is 7.10. The number of non-ortho nitro benzene ring substituents is 1. The van der Waals surface area contributed by atoms with Gasteiger partial charge in [-0.3, -0.25) is 19.7 Å². The van der Waals surface area contributed by atoms with Crippen LogP contribution < -0.4 is 0 Å². The first-order chi connectivity index (χ1) is 14.3. The van der Waals surface area contributed by atoms with Gasteiger partial charge in [-0.25, -0.2) is 0 Å². The highest BCUT2D eigenvalue weighted by molar-refractivity contribution is 8.00. The van der Waals surface area contributed by atoms with Crippen molar-refractivity contribution < 1.29 is 14.5 Å². The smallest absolute Gasteiger partial charge is 0.269 e. The molecule has 1 aliphatic heterocycles. The van der Waals surface area contributed by atoms with E-state index in [1.54, 1.807) is 12.1 Å². The molecule has 1 aliphatic rings. The first-order valence-electron chi connectivity index (χ1n) is 9.91. The predicted molar refractivity (Wildman–Crippen MR) is 117 cm³/mol. The summed E-state index contributed by atoms with van der Waals surface area (Å²) >= 11 is 1.38. The minimum absolute atomic E-state index is 0.00121. The monoisotopic (exact) mass is 427 g/mol. The van der Waals surface area contributed by atoms with Gasteiger partial charge in [0.15, 0.2) is 0 Å². The molecule has 30 heavy (non-hydrogen) atoms. The van der Waals surface area contributed by atoms with Crippen molar-refractivity contribution in [1.82, 2.24) is 9.80 Å². The Hall–Kier alpha value is -2.87. The van der Waals surface area contributed by atoms with Crippen molar-refractivity contribution >= 4 is 29.3 Å². The molecule has 0 radical (unpaired) electrons. The van der Waals surface area contributed by atoms with E-state index in [1.807, 2.05) is 47.9 Å². The SMILES string of the molecule is Cc1cccc(C(=O)N2CCCN(C(=O)C(C)Sc3ccc([N+](=O)[O-])cc3)CC2)c1. The molecule has 0 aromatic heterocycles. The highest BCUT2D eigenvalue weighted by Gasteiger charge is 2.26. The van der Waals surface area contributed by atoms with Gasteiger partial charge in [-0.2, -0.15) is 0 Å². The van der Waals surface area contributed by atoms with Crippen molar-refractivity contribution in [2.75, 3.05) is 26.2 Å². The molecule has 1 saturated heterocycles. The first-order valence-corrected chi connectivity index (χ1v) is 10.8. The number of nitro groups is 1. The number of carbonyl (C=O) groups is 2. The summed E-state index contributed by atoms with van der Waals surface area (Å²) in [5.74, 6) is 0.0181. The average Bonchev–Trinajstić information content (AvgIpc) is 2.99. The number of benzene rings is 2. The fourth-order valence-corrected chi connectivity index (χ4v) is 4.41. The summed E-state index contributed by atoms with van der Waals surface area (Å²) in [5.41, 5.74) is 1.76. The second-order valence-electron chi connectivity index (χ2n) is 7.35. The van der Waals surface area contributed by atoms with Crippen LogP contribution in [0.4, 0.5) is 5.69 Å². The lowest BCUT2D eigenvalue weighted by Crippen LogP contribution is -2.40. The Morgan fingerprint density at radius 1 is 1.03 bits per heavy atom. The fourth-order valence-electron chi connectivity index (χ4n) is 3.46. The molecule has 0 aliphatic carbocycles. The Balaban J connectivity index is 1.58. The molecular formula is C22H25N3O4S. The largest absolute Gasteiger partial charge is 0.340 e. The maximum absolute atomic E-state index is 12.9. The number of nitro benzene ring substituents is 1. The maximum atomic E-state index is 12.9. The lowest BCUT2D eigenvalue weighted by atomic mass is 10.1. The number of hydrogen-bond donors (Lipinski definition) is 0. The quantitative estimate of drug-likeness (QED) is 0.412. The van der Waals surface area contributed by atoms with Gasteiger partial charge in [-0.15, -0.1) is 11.8 Å². The zero-order valence-electron chi connectivity index (χ0n) is 17.1. The Bertz CT molecular complexity index is 932. The topological polar surface area (TPSA) is 83.8 Å². The zero-order valence-corrected chi connectivity index (χ0v) is 17.9. The minimum atomic E-state index is -0.440. The molecule has 1 unspecified atom stereocenters. The van der Waals surface area contributed by atoms with Crippen LogP contribution in [-0.2, 0) is 4.79 Å². The van der Waals surface area contributed by atoms with Crippen molar-refractivity contribution in [2.24, 2.45) is 0 Å². The molecule has 0 saturated carbocycles. The number of amides is 2. The van der Waals surface area contributed by atoms with Gasteiger partial charge in [0.05, 0.1) is 10.2 Å². The highest BCUT2D eigenvalue weighted by atomic mass is 32.2. The molecule has 2 aromatic carbocycles. The third-order valence-electron chi connectivity index (χ3n) is 5.07. The molecular weight excluding hydrogens is 402 g/mol. The number of hydrogen-bond acceptors (Lipinski definition) is 5. The second kappa shape index (κ2) is 9.75. The highest BCUT2D eigenvalue weighted by Crippen LogP contribution is 2.26. The number of carbonyl (C=O) groups excluding carboxylic acids is 2. The molecule has 3 rings (SSSR count). The lowest BCUT2D eigenvalue weighted by molar-refractivity contribution is -0.384. The van der Waals surface area contributed by atoms with E-state index in [0.717, 1.165) is 16.9 Å². The lowest BCUT2D eigenvalue weighted by Gasteiger charge is -2.24. The summed E-state index contributed by atoms with van der Waals surface area (Å²) in [5, 5.41) is 10.5. The third-order valence-corrected chi connectivity index (χ3v) is 6.17. The van der Waals surface area contributed by atoms with E-state index in [2.05, 4.69) is 0 Å². The summed E-state index contributed by atoms with van der Waals surface area (Å²) in [4.78, 5) is 40.5. The van der Waals surface area contributed by atoms with Gasteiger partial charge in [-0.05, 0) is 44.5 Å². The van der Waals surface area contributed by atoms with E-state index in [4.69, 9.17) is 0 Å². The molecule has 8 heteroatoms. The number of aryl methyl sites for hydroxylation is 1. The number of rotatable bonds is 5. The average molecular weight is 428 g/mol. The van der Waals surface area contributed by atoms with Crippen molar-refractivity contribution in [3.63, 3.8) is 0 Å². The van der Waals surface area contributed by atoms with Crippen LogP contribution in [0.5, 0.6) is 0 Å². The molecule has 1 fully saturated rings. The Morgan fingerprint density at radius 3 is 2.37 bits per heavy atom. The Labute approximate surface area is 180 Å². The van der Waals surface area contributed by atoms with E-state index in [0.29, 0.717) is 31.7 Å². The second-order valence-corrected chi connectivity index (χ2v) is 8.77. The van der Waals surface area contributed by atoms with Crippen LogP contribution in [0, 0.1) is 17.0 Å². The Morgan fingerprint density at radius 2 is 1.70 bits per heavy atom. The fraction of sp³-hybridized carbons (Fsp3) is 0.364. The van der Waals surface area contributed by atoms with E-state index in [1.165, 1.54) is 23.9 Å². The molecule has 0 N–H and O–H groups in total. The minimum Gasteiger partial charge on any atom is -0.340 e. The zero-order chi connectivity index (χ0) is 21.7. The normalized spacial score (nSPS) is 15.4. The van der Waals surface area contributed by atoms with Gasteiger partial charge in [-0.1, -0.05) is 17.7 Å². The van der Waals surface area contributed by atoms with Crippen LogP contribution in [0.25, 0.3) is 0 Å². The predicted octanol–water partition coefficient (Wildman–Crippen LogP) is 3.76. The molecule has 158 valence electrons. The number of nitrogens with zero attached hydrogens (tertiary/aromatic N) is 3. The van der Waals surface area contributed by atoms with Crippen LogP contribution >= 0.6 is 11.8 Å². The van der Waals surface area contributed by atoms with Crippen LogP contribution in [0.15, 0.2) is 53.4 Å². The van der Waals surface area contributed by atoms with Gasteiger partial charge >= 0.3 is 0 Å². The van der Waals surface area contributed by atoms with E-state index in [9.17, 15) is 19.7 Å². The molecule has 0 spiro atoms. The van der Waals surface area contributed by atoms with Crippen LogP contribution in [-0.4, -0.2) is 58.0 Å². The standard InChI is InChI=1S/C22H25N3O4S/c1-16-5-3-6-18(15-16)22(27)24-12-4-11-23(13-14-24)21(26)17(2)30-20-9-7-19(8-10-20)25(28)29/h3,5-10,15,17H,4,11-14H2,1-2H3. The van der Waals surface area contributed by atoms with Crippen molar-refractivity contribution in [3.05, 3.63) is 69.8 Å². The van der Waals surface area contributed by atoms with Gasteiger partial charge in [0, 0.05) is 48.8 Å². The van der Waals surface area contributed by atoms with E-state index in [-0.39, 0.29) is 22.8 Å². The van der Waals surface area contributed by atoms with E-state index >= 15 is 0 Å². The molecule has 2 aromatic rings. The van der Waals surface area contributed by atoms with Crippen LogP contribution in [0.3, 0.4) is 0 Å². The summed E-state index contributed by atoms with van der Waals surface area (Å²) in [6.45, 7) is 6.05.